The van der Waals surface area contributed by atoms with Crippen LogP contribution in [0.1, 0.15) is 30.5 Å². The Kier molecular flexibility index (Phi) is 6.60. The Morgan fingerprint density at radius 3 is 2.62 bits per heavy atom. The summed E-state index contributed by atoms with van der Waals surface area (Å²) in [4.78, 5) is 19.3. The van der Waals surface area contributed by atoms with E-state index in [9.17, 15) is 13.2 Å². The molecule has 0 bridgehead atoms. The molecule has 1 N–H and O–H groups in total. The molecule has 1 aromatic carbocycles. The predicted octanol–water partition coefficient (Wildman–Crippen LogP) is 4.70. The van der Waals surface area contributed by atoms with Crippen LogP contribution in [0.2, 0.25) is 5.02 Å². The SMILES string of the molecule is Cc1csc(-c2cc(S(=O)(=O)Nc3cc(Cl)ccc3C)cn2CC(=O)N2CCCCC2)n1. The quantitative estimate of drug-likeness (QED) is 0.540. The Bertz CT molecular complexity index is 1240. The van der Waals surface area contributed by atoms with Crippen molar-refractivity contribution in [3.8, 4) is 10.7 Å². The van der Waals surface area contributed by atoms with Gasteiger partial charge in [-0.3, -0.25) is 9.52 Å². The van der Waals surface area contributed by atoms with Crippen molar-refractivity contribution in [1.29, 1.82) is 0 Å². The largest absolute Gasteiger partial charge is 0.341 e. The van der Waals surface area contributed by atoms with Crippen LogP contribution < -0.4 is 4.72 Å². The van der Waals surface area contributed by atoms with Crippen molar-refractivity contribution in [2.45, 2.75) is 44.6 Å². The topological polar surface area (TPSA) is 84.3 Å². The van der Waals surface area contributed by atoms with Crippen molar-refractivity contribution in [3.05, 3.63) is 52.1 Å². The fourth-order valence-corrected chi connectivity index (χ4v) is 5.87. The number of sulfonamides is 1. The van der Waals surface area contributed by atoms with Crippen LogP contribution >= 0.6 is 22.9 Å². The molecule has 1 saturated heterocycles. The van der Waals surface area contributed by atoms with Gasteiger partial charge < -0.3 is 9.47 Å². The number of amides is 1. The summed E-state index contributed by atoms with van der Waals surface area (Å²) in [5.74, 6) is -0.0163. The highest BCUT2D eigenvalue weighted by Gasteiger charge is 2.24. The molecule has 0 aliphatic carbocycles. The van der Waals surface area contributed by atoms with E-state index in [0.717, 1.165) is 43.6 Å². The molecular formula is C22H25ClN4O3S2. The summed E-state index contributed by atoms with van der Waals surface area (Å²) in [5.41, 5.74) is 2.63. The van der Waals surface area contributed by atoms with Crippen LogP contribution in [0.5, 0.6) is 0 Å². The lowest BCUT2D eigenvalue weighted by Gasteiger charge is -2.27. The van der Waals surface area contributed by atoms with Crippen molar-refractivity contribution in [2.24, 2.45) is 0 Å². The van der Waals surface area contributed by atoms with Crippen molar-refractivity contribution in [1.82, 2.24) is 14.5 Å². The van der Waals surface area contributed by atoms with Gasteiger partial charge in [0.2, 0.25) is 5.91 Å². The second-order valence-corrected chi connectivity index (χ2v) is 11.0. The van der Waals surface area contributed by atoms with Crippen LogP contribution in [0, 0.1) is 13.8 Å². The third kappa shape index (κ3) is 5.00. The second-order valence-electron chi connectivity index (χ2n) is 7.99. The number of benzene rings is 1. The van der Waals surface area contributed by atoms with E-state index in [1.165, 1.54) is 17.5 Å². The maximum Gasteiger partial charge on any atom is 0.263 e. The average molecular weight is 493 g/mol. The van der Waals surface area contributed by atoms with E-state index >= 15 is 0 Å². The summed E-state index contributed by atoms with van der Waals surface area (Å²) < 4.78 is 30.7. The Labute approximate surface area is 197 Å². The number of hydrogen-bond acceptors (Lipinski definition) is 5. The fraction of sp³-hybridized carbons (Fsp3) is 0.364. The Balaban J connectivity index is 1.68. The van der Waals surface area contributed by atoms with E-state index in [1.807, 2.05) is 17.2 Å². The third-order valence-electron chi connectivity index (χ3n) is 5.48. The number of nitrogens with one attached hydrogen (secondary N) is 1. The first-order chi connectivity index (χ1) is 15.2. The van der Waals surface area contributed by atoms with Gasteiger partial charge in [-0.05, 0) is 56.9 Å². The molecule has 32 heavy (non-hydrogen) atoms. The third-order valence-corrected chi connectivity index (χ3v) is 8.03. The molecule has 0 unspecified atom stereocenters. The first-order valence-electron chi connectivity index (χ1n) is 10.4. The van der Waals surface area contributed by atoms with Crippen molar-refractivity contribution >= 4 is 44.6 Å². The number of nitrogens with zero attached hydrogens (tertiary/aromatic N) is 3. The average Bonchev–Trinajstić information content (AvgIpc) is 3.38. The van der Waals surface area contributed by atoms with Gasteiger partial charge in [0.05, 0.1) is 11.4 Å². The summed E-state index contributed by atoms with van der Waals surface area (Å²) in [6, 6.07) is 6.62. The first-order valence-corrected chi connectivity index (χ1v) is 13.2. The zero-order valence-corrected chi connectivity index (χ0v) is 20.4. The molecule has 1 aliphatic rings. The van der Waals surface area contributed by atoms with E-state index in [0.29, 0.717) is 21.4 Å². The van der Waals surface area contributed by atoms with Gasteiger partial charge in [0.1, 0.15) is 16.4 Å². The Hall–Kier alpha value is -2.36. The minimum Gasteiger partial charge on any atom is -0.341 e. The molecule has 7 nitrogen and oxygen atoms in total. The normalized spacial score (nSPS) is 14.5. The molecule has 0 saturated carbocycles. The van der Waals surface area contributed by atoms with E-state index in [2.05, 4.69) is 9.71 Å². The summed E-state index contributed by atoms with van der Waals surface area (Å²) in [6.45, 7) is 5.24. The Morgan fingerprint density at radius 2 is 1.94 bits per heavy atom. The Morgan fingerprint density at radius 1 is 1.19 bits per heavy atom. The standard InChI is InChI=1S/C22H25ClN4O3S2/c1-15-6-7-17(23)10-19(15)25-32(29,30)18-11-20(22-24-16(2)14-31-22)27(12-18)13-21(28)26-8-4-3-5-9-26/h6-7,10-12,14,25H,3-5,8-9,13H2,1-2H3. The van der Waals surface area contributed by atoms with Gasteiger partial charge in [-0.2, -0.15) is 0 Å². The van der Waals surface area contributed by atoms with E-state index in [-0.39, 0.29) is 17.3 Å². The molecule has 3 aromatic rings. The van der Waals surface area contributed by atoms with Crippen LogP contribution in [0.15, 0.2) is 40.7 Å². The molecule has 10 heteroatoms. The monoisotopic (exact) mass is 492 g/mol. The minimum absolute atomic E-state index is 0.0163. The van der Waals surface area contributed by atoms with Gasteiger partial charge in [-0.1, -0.05) is 17.7 Å². The molecule has 2 aromatic heterocycles. The smallest absolute Gasteiger partial charge is 0.263 e. The fourth-order valence-electron chi connectivity index (χ4n) is 3.71. The number of thiazole rings is 1. The van der Waals surface area contributed by atoms with Gasteiger partial charge in [-0.25, -0.2) is 13.4 Å². The highest BCUT2D eigenvalue weighted by atomic mass is 35.5. The van der Waals surface area contributed by atoms with E-state index in [4.69, 9.17) is 11.6 Å². The maximum absolute atomic E-state index is 13.2. The summed E-state index contributed by atoms with van der Waals surface area (Å²) in [7, 11) is -3.89. The number of anilines is 1. The van der Waals surface area contributed by atoms with Crippen LogP contribution in [-0.2, 0) is 21.4 Å². The number of aryl methyl sites for hydroxylation is 2. The number of aromatic nitrogens is 2. The number of carbonyl (C=O) groups is 1. The molecule has 1 aliphatic heterocycles. The number of likely N-dealkylation sites (tertiary alicyclic amines) is 1. The van der Waals surface area contributed by atoms with Crippen LogP contribution in [0.3, 0.4) is 0 Å². The lowest BCUT2D eigenvalue weighted by atomic mass is 10.1. The van der Waals surface area contributed by atoms with Crippen LogP contribution in [0.25, 0.3) is 10.7 Å². The van der Waals surface area contributed by atoms with Crippen LogP contribution in [-0.4, -0.2) is 41.9 Å². The summed E-state index contributed by atoms with van der Waals surface area (Å²) in [5, 5.41) is 3.02. The lowest BCUT2D eigenvalue weighted by Crippen LogP contribution is -2.37. The zero-order valence-electron chi connectivity index (χ0n) is 18.0. The summed E-state index contributed by atoms with van der Waals surface area (Å²) in [6.07, 6.45) is 4.64. The summed E-state index contributed by atoms with van der Waals surface area (Å²) >= 11 is 7.47. The molecule has 170 valence electrons. The first kappa shape index (κ1) is 22.8. The van der Waals surface area contributed by atoms with Gasteiger partial charge in [0, 0.05) is 35.4 Å². The highest BCUT2D eigenvalue weighted by Crippen LogP contribution is 2.30. The molecule has 1 amide bonds. The van der Waals surface area contributed by atoms with Crippen molar-refractivity contribution in [2.75, 3.05) is 17.8 Å². The van der Waals surface area contributed by atoms with Gasteiger partial charge in [-0.15, -0.1) is 11.3 Å². The molecule has 0 spiro atoms. The van der Waals surface area contributed by atoms with Crippen molar-refractivity contribution < 1.29 is 13.2 Å². The number of piperidine rings is 1. The minimum atomic E-state index is -3.89. The molecule has 3 heterocycles. The van der Waals surface area contributed by atoms with Crippen molar-refractivity contribution in [3.63, 3.8) is 0 Å². The number of carbonyl (C=O) groups excluding carboxylic acids is 1. The number of halogens is 1. The molecule has 0 atom stereocenters. The van der Waals surface area contributed by atoms with Gasteiger partial charge in [0.15, 0.2) is 0 Å². The zero-order chi connectivity index (χ0) is 22.9. The van der Waals surface area contributed by atoms with Gasteiger partial charge in [0.25, 0.3) is 10.0 Å². The lowest BCUT2D eigenvalue weighted by molar-refractivity contribution is -0.132. The number of hydrogen-bond donors (Lipinski definition) is 1. The molecule has 0 radical (unpaired) electrons. The second kappa shape index (κ2) is 9.25. The molecule has 4 rings (SSSR count). The van der Waals surface area contributed by atoms with Crippen LogP contribution in [0.4, 0.5) is 5.69 Å². The predicted molar refractivity (Wildman–Crippen MR) is 128 cm³/mol. The van der Waals surface area contributed by atoms with E-state index in [1.54, 1.807) is 35.8 Å². The maximum atomic E-state index is 13.2. The molecule has 1 fully saturated rings. The van der Waals surface area contributed by atoms with Gasteiger partial charge >= 0.3 is 0 Å². The molecular weight excluding hydrogens is 468 g/mol. The van der Waals surface area contributed by atoms with E-state index < -0.39 is 10.0 Å². The highest BCUT2D eigenvalue weighted by molar-refractivity contribution is 7.92. The number of rotatable bonds is 6.